The molecule has 0 saturated carbocycles. The van der Waals surface area contributed by atoms with E-state index in [1.807, 2.05) is 0 Å². The van der Waals surface area contributed by atoms with Gasteiger partial charge in [0.15, 0.2) is 10.9 Å². The average Bonchev–Trinajstić information content (AvgIpc) is 2.30. The Balaban J connectivity index is 2.77. The van der Waals surface area contributed by atoms with Gasteiger partial charge in [0.05, 0.1) is 11.3 Å². The number of hydrogen-bond acceptors (Lipinski definition) is 4. The fourth-order valence-electron chi connectivity index (χ4n) is 1.46. The lowest BCUT2D eigenvalue weighted by atomic mass is 10.2. The van der Waals surface area contributed by atoms with E-state index in [9.17, 15) is 14.4 Å². The standard InChI is InChI=1S/C11H8ClN3O3/c1-6(16)7-5-15(11(18)14-10(7)17)8-3-2-4-13-9(8)12/h2-5H,1H3,(H,14,17,18). The molecular weight excluding hydrogens is 258 g/mol. The summed E-state index contributed by atoms with van der Waals surface area (Å²) in [4.78, 5) is 40.2. The van der Waals surface area contributed by atoms with Crippen LogP contribution in [0.5, 0.6) is 0 Å². The Morgan fingerprint density at radius 1 is 1.44 bits per heavy atom. The Hall–Kier alpha value is -2.21. The summed E-state index contributed by atoms with van der Waals surface area (Å²) in [5.74, 6) is -0.440. The van der Waals surface area contributed by atoms with Gasteiger partial charge >= 0.3 is 5.69 Å². The van der Waals surface area contributed by atoms with Gasteiger partial charge in [0, 0.05) is 12.4 Å². The van der Waals surface area contributed by atoms with Crippen LogP contribution in [0.3, 0.4) is 0 Å². The van der Waals surface area contributed by atoms with E-state index in [0.717, 1.165) is 10.8 Å². The lowest BCUT2D eigenvalue weighted by Gasteiger charge is -2.07. The monoisotopic (exact) mass is 265 g/mol. The molecule has 2 aromatic rings. The molecule has 0 spiro atoms. The Labute approximate surface area is 106 Å². The lowest BCUT2D eigenvalue weighted by molar-refractivity contribution is 0.101. The molecule has 0 bridgehead atoms. The molecule has 0 radical (unpaired) electrons. The van der Waals surface area contributed by atoms with E-state index in [0.29, 0.717) is 5.69 Å². The normalized spacial score (nSPS) is 10.3. The first-order valence-corrected chi connectivity index (χ1v) is 5.36. The van der Waals surface area contributed by atoms with Crippen molar-refractivity contribution in [2.24, 2.45) is 0 Å². The van der Waals surface area contributed by atoms with Crippen molar-refractivity contribution in [3.63, 3.8) is 0 Å². The van der Waals surface area contributed by atoms with Crippen LogP contribution in [-0.2, 0) is 0 Å². The summed E-state index contributed by atoms with van der Waals surface area (Å²) in [6, 6.07) is 3.14. The summed E-state index contributed by atoms with van der Waals surface area (Å²) in [7, 11) is 0. The van der Waals surface area contributed by atoms with Crippen molar-refractivity contribution < 1.29 is 4.79 Å². The molecule has 0 aliphatic rings. The molecule has 0 atom stereocenters. The molecule has 2 rings (SSSR count). The predicted octanol–water partition coefficient (Wildman–Crippen LogP) is 0.777. The van der Waals surface area contributed by atoms with Crippen molar-refractivity contribution >= 4 is 17.4 Å². The molecule has 0 aliphatic heterocycles. The Morgan fingerprint density at radius 3 is 2.78 bits per heavy atom. The molecule has 0 aliphatic carbocycles. The minimum absolute atomic E-state index is 0.0983. The van der Waals surface area contributed by atoms with Gasteiger partial charge in [0.2, 0.25) is 0 Å². The molecule has 0 fully saturated rings. The van der Waals surface area contributed by atoms with Gasteiger partial charge in [-0.1, -0.05) is 11.6 Å². The van der Waals surface area contributed by atoms with E-state index >= 15 is 0 Å². The number of hydrogen-bond donors (Lipinski definition) is 1. The molecule has 2 aromatic heterocycles. The summed E-state index contributed by atoms with van der Waals surface area (Å²) in [5, 5.41) is 0.0983. The first-order chi connectivity index (χ1) is 8.50. The van der Waals surface area contributed by atoms with Crippen molar-refractivity contribution in [2.75, 3.05) is 0 Å². The zero-order chi connectivity index (χ0) is 13.3. The fourth-order valence-corrected chi connectivity index (χ4v) is 1.67. The molecule has 0 unspecified atom stereocenters. The van der Waals surface area contributed by atoms with Crippen LogP contribution < -0.4 is 11.2 Å². The number of carbonyl (C=O) groups is 1. The van der Waals surface area contributed by atoms with Crippen LogP contribution in [0, 0.1) is 0 Å². The highest BCUT2D eigenvalue weighted by Gasteiger charge is 2.11. The predicted molar refractivity (Wildman–Crippen MR) is 65.5 cm³/mol. The molecular formula is C11H8ClN3O3. The second-order valence-electron chi connectivity index (χ2n) is 3.54. The third-order valence-electron chi connectivity index (χ3n) is 2.32. The lowest BCUT2D eigenvalue weighted by Crippen LogP contribution is -2.32. The van der Waals surface area contributed by atoms with Crippen LogP contribution in [0.25, 0.3) is 5.69 Å². The van der Waals surface area contributed by atoms with Gasteiger partial charge < -0.3 is 0 Å². The van der Waals surface area contributed by atoms with Crippen LogP contribution in [0.15, 0.2) is 34.1 Å². The number of rotatable bonds is 2. The maximum atomic E-state index is 11.7. The molecule has 0 saturated heterocycles. The number of nitrogens with one attached hydrogen (secondary N) is 1. The number of H-pyrrole nitrogens is 1. The summed E-state index contributed by atoms with van der Waals surface area (Å²) in [6.45, 7) is 1.24. The average molecular weight is 266 g/mol. The van der Waals surface area contributed by atoms with Crippen LogP contribution in [-0.4, -0.2) is 20.3 Å². The summed E-state index contributed by atoms with van der Waals surface area (Å²) < 4.78 is 1.08. The van der Waals surface area contributed by atoms with Gasteiger partial charge in [-0.25, -0.2) is 9.78 Å². The number of aromatic amines is 1. The van der Waals surface area contributed by atoms with E-state index in [2.05, 4.69) is 9.97 Å². The Morgan fingerprint density at radius 2 is 2.17 bits per heavy atom. The minimum atomic E-state index is -0.719. The van der Waals surface area contributed by atoms with Gasteiger partial charge in [-0.3, -0.25) is 19.1 Å². The van der Waals surface area contributed by atoms with Gasteiger partial charge in [0.25, 0.3) is 5.56 Å². The van der Waals surface area contributed by atoms with E-state index in [-0.39, 0.29) is 10.7 Å². The highest BCUT2D eigenvalue weighted by atomic mass is 35.5. The van der Waals surface area contributed by atoms with Crippen molar-refractivity contribution in [1.29, 1.82) is 0 Å². The molecule has 1 N–H and O–H groups in total. The molecule has 7 heteroatoms. The Kier molecular flexibility index (Phi) is 3.12. The minimum Gasteiger partial charge on any atom is -0.294 e. The van der Waals surface area contributed by atoms with Gasteiger partial charge in [-0.15, -0.1) is 0 Å². The summed E-state index contributed by atoms with van der Waals surface area (Å²) >= 11 is 5.85. The number of pyridine rings is 1. The molecule has 6 nitrogen and oxygen atoms in total. The first kappa shape index (κ1) is 12.3. The van der Waals surface area contributed by atoms with Gasteiger partial charge in [0.1, 0.15) is 0 Å². The smallest absolute Gasteiger partial charge is 0.294 e. The molecule has 18 heavy (non-hydrogen) atoms. The van der Waals surface area contributed by atoms with E-state index in [4.69, 9.17) is 11.6 Å². The largest absolute Gasteiger partial charge is 0.333 e. The van der Waals surface area contributed by atoms with Crippen LogP contribution >= 0.6 is 11.6 Å². The first-order valence-electron chi connectivity index (χ1n) is 4.98. The van der Waals surface area contributed by atoms with E-state index in [1.165, 1.54) is 13.1 Å². The highest BCUT2D eigenvalue weighted by molar-refractivity contribution is 6.31. The van der Waals surface area contributed by atoms with Crippen LogP contribution in [0.1, 0.15) is 17.3 Å². The maximum Gasteiger partial charge on any atom is 0.333 e. The zero-order valence-electron chi connectivity index (χ0n) is 9.31. The summed E-state index contributed by atoms with van der Waals surface area (Å²) in [5.41, 5.74) is -1.22. The van der Waals surface area contributed by atoms with Crippen molar-refractivity contribution in [3.8, 4) is 5.69 Å². The van der Waals surface area contributed by atoms with Crippen molar-refractivity contribution in [3.05, 3.63) is 56.1 Å². The number of carbonyl (C=O) groups excluding carboxylic acids is 1. The van der Waals surface area contributed by atoms with Crippen LogP contribution in [0.4, 0.5) is 0 Å². The van der Waals surface area contributed by atoms with Gasteiger partial charge in [-0.2, -0.15) is 0 Å². The van der Waals surface area contributed by atoms with E-state index < -0.39 is 17.0 Å². The highest BCUT2D eigenvalue weighted by Crippen LogP contribution is 2.14. The van der Waals surface area contributed by atoms with Crippen LogP contribution in [0.2, 0.25) is 5.15 Å². The number of halogens is 1. The van der Waals surface area contributed by atoms with E-state index in [1.54, 1.807) is 12.1 Å². The Bertz CT molecular complexity index is 733. The molecule has 2 heterocycles. The number of ketones is 1. The van der Waals surface area contributed by atoms with Gasteiger partial charge in [-0.05, 0) is 19.1 Å². The molecule has 0 aromatic carbocycles. The number of Topliss-reactive ketones (excluding diaryl/α,β-unsaturated/α-hetero) is 1. The fraction of sp³-hybridized carbons (Fsp3) is 0.0909. The molecule has 0 amide bonds. The summed E-state index contributed by atoms with van der Waals surface area (Å²) in [6.07, 6.45) is 2.63. The zero-order valence-corrected chi connectivity index (χ0v) is 10.1. The second-order valence-corrected chi connectivity index (χ2v) is 3.90. The second kappa shape index (κ2) is 4.58. The van der Waals surface area contributed by atoms with Crippen molar-refractivity contribution in [1.82, 2.24) is 14.5 Å². The third-order valence-corrected chi connectivity index (χ3v) is 2.61. The van der Waals surface area contributed by atoms with Crippen molar-refractivity contribution in [2.45, 2.75) is 6.92 Å². The SMILES string of the molecule is CC(=O)c1cn(-c2cccnc2Cl)c(=O)[nH]c1=O. The molecule has 92 valence electrons. The quantitative estimate of drug-likeness (QED) is 0.642. The third kappa shape index (κ3) is 2.10. The topological polar surface area (TPSA) is 84.8 Å². The number of nitrogens with zero attached hydrogens (tertiary/aromatic N) is 2. The number of aromatic nitrogens is 3. The maximum absolute atomic E-state index is 11.7.